The second kappa shape index (κ2) is 8.20. The lowest BCUT2D eigenvalue weighted by molar-refractivity contribution is 0.589. The molecule has 32 heavy (non-hydrogen) atoms. The van der Waals surface area contributed by atoms with Crippen molar-refractivity contribution < 1.29 is 8.42 Å². The van der Waals surface area contributed by atoms with Gasteiger partial charge in [0.1, 0.15) is 0 Å². The lowest BCUT2D eigenvalue weighted by Gasteiger charge is -2.16. The van der Waals surface area contributed by atoms with Crippen LogP contribution in [0.2, 0.25) is 0 Å². The van der Waals surface area contributed by atoms with E-state index in [1.165, 1.54) is 3.97 Å². The average molecular weight is 442 g/mol. The van der Waals surface area contributed by atoms with Crippen LogP contribution in [-0.4, -0.2) is 29.6 Å². The van der Waals surface area contributed by atoms with E-state index in [0.29, 0.717) is 5.52 Å². The van der Waals surface area contributed by atoms with Crippen LogP contribution in [-0.2, 0) is 10.0 Å². The third-order valence-corrected chi connectivity index (χ3v) is 7.42. The first-order chi connectivity index (χ1) is 15.5. The minimum atomic E-state index is -3.72. The quantitative estimate of drug-likeness (QED) is 0.435. The number of fused-ring (bicyclic) bond motifs is 1. The van der Waals surface area contributed by atoms with E-state index in [-0.39, 0.29) is 4.90 Å². The normalized spacial score (nSPS) is 15.8. The molecule has 2 aromatic carbocycles. The van der Waals surface area contributed by atoms with Gasteiger partial charge in [0.15, 0.2) is 0 Å². The van der Waals surface area contributed by atoms with Crippen molar-refractivity contribution in [1.29, 1.82) is 0 Å². The van der Waals surface area contributed by atoms with Crippen LogP contribution in [0.4, 0.5) is 0 Å². The van der Waals surface area contributed by atoms with E-state index in [1.54, 1.807) is 24.5 Å². The summed E-state index contributed by atoms with van der Waals surface area (Å²) in [7, 11) is -3.72. The lowest BCUT2D eigenvalue weighted by atomic mass is 9.95. The van der Waals surface area contributed by atoms with E-state index in [2.05, 4.69) is 11.1 Å². The van der Waals surface area contributed by atoms with Gasteiger partial charge in [-0.25, -0.2) is 12.4 Å². The molecule has 0 unspecified atom stereocenters. The molecule has 0 radical (unpaired) electrons. The Hall–Kier alpha value is -3.51. The van der Waals surface area contributed by atoms with Gasteiger partial charge in [0.25, 0.3) is 10.0 Å². The summed E-state index contributed by atoms with van der Waals surface area (Å²) in [4.78, 5) is 9.26. The smallest absolute Gasteiger partial charge is 0.268 e. The first-order valence-corrected chi connectivity index (χ1v) is 12.1. The maximum atomic E-state index is 13.5. The van der Waals surface area contributed by atoms with E-state index in [4.69, 9.17) is 4.99 Å². The molecule has 5 nitrogen and oxygen atoms in total. The summed E-state index contributed by atoms with van der Waals surface area (Å²) in [5.74, 6) is 0. The zero-order valence-corrected chi connectivity index (χ0v) is 18.6. The van der Waals surface area contributed by atoms with Crippen molar-refractivity contribution in [3.63, 3.8) is 0 Å². The highest BCUT2D eigenvalue weighted by atomic mass is 32.2. The van der Waals surface area contributed by atoms with Crippen molar-refractivity contribution in [3.8, 4) is 0 Å². The van der Waals surface area contributed by atoms with E-state index < -0.39 is 10.0 Å². The van der Waals surface area contributed by atoms with Gasteiger partial charge in [-0.3, -0.25) is 9.98 Å². The fourth-order valence-electron chi connectivity index (χ4n) is 4.10. The number of allylic oxidation sites excluding steroid dienone is 1. The van der Waals surface area contributed by atoms with Crippen LogP contribution in [0.15, 0.2) is 94.7 Å². The summed E-state index contributed by atoms with van der Waals surface area (Å²) in [6.45, 7) is 2.72. The predicted molar refractivity (Wildman–Crippen MR) is 129 cm³/mol. The maximum absolute atomic E-state index is 13.5. The number of rotatable bonds is 4. The van der Waals surface area contributed by atoms with Gasteiger partial charge in [0.05, 0.1) is 16.1 Å². The Morgan fingerprint density at radius 2 is 1.81 bits per heavy atom. The number of hydrogen-bond acceptors (Lipinski definition) is 4. The molecule has 0 spiro atoms. The Morgan fingerprint density at radius 3 is 2.59 bits per heavy atom. The first kappa shape index (κ1) is 20.4. The molecule has 0 fully saturated rings. The Morgan fingerprint density at radius 1 is 1.00 bits per heavy atom. The molecular formula is C26H23N3O2S. The number of hydrogen-bond donors (Lipinski definition) is 0. The van der Waals surface area contributed by atoms with Crippen molar-refractivity contribution in [3.05, 3.63) is 102 Å². The molecule has 0 saturated carbocycles. The van der Waals surface area contributed by atoms with Gasteiger partial charge in [0.2, 0.25) is 0 Å². The summed E-state index contributed by atoms with van der Waals surface area (Å²) in [5.41, 5.74) is 5.56. The number of pyridine rings is 1. The molecule has 160 valence electrons. The number of aromatic nitrogens is 2. The molecule has 0 bridgehead atoms. The van der Waals surface area contributed by atoms with Crippen molar-refractivity contribution in [2.75, 3.05) is 6.54 Å². The number of para-hydroxylation sites is 1. The molecule has 0 N–H and O–H groups in total. The predicted octanol–water partition coefficient (Wildman–Crippen LogP) is 5.25. The highest BCUT2D eigenvalue weighted by Gasteiger charge is 2.22. The van der Waals surface area contributed by atoms with Crippen LogP contribution in [0.3, 0.4) is 0 Å². The van der Waals surface area contributed by atoms with Crippen molar-refractivity contribution in [2.24, 2.45) is 4.99 Å². The maximum Gasteiger partial charge on any atom is 0.268 e. The van der Waals surface area contributed by atoms with Crippen LogP contribution >= 0.6 is 0 Å². The molecule has 1 aliphatic rings. The van der Waals surface area contributed by atoms with Gasteiger partial charge < -0.3 is 0 Å². The largest absolute Gasteiger partial charge is 0.284 e. The third-order valence-electron chi connectivity index (χ3n) is 5.73. The van der Waals surface area contributed by atoms with Crippen LogP contribution in [0, 0.1) is 6.92 Å². The minimum Gasteiger partial charge on any atom is -0.284 e. The Labute approximate surface area is 187 Å². The van der Waals surface area contributed by atoms with Gasteiger partial charge in [-0.15, -0.1) is 0 Å². The molecule has 3 heterocycles. The fourth-order valence-corrected chi connectivity index (χ4v) is 5.48. The highest BCUT2D eigenvalue weighted by Crippen LogP contribution is 2.30. The monoisotopic (exact) mass is 441 g/mol. The summed E-state index contributed by atoms with van der Waals surface area (Å²) in [5, 5.41) is 0.895. The Kier molecular flexibility index (Phi) is 5.23. The van der Waals surface area contributed by atoms with Crippen molar-refractivity contribution in [1.82, 2.24) is 8.96 Å². The fraction of sp³-hybridized carbons (Fsp3) is 0.154. The second-order valence-corrected chi connectivity index (χ2v) is 9.78. The topological polar surface area (TPSA) is 64.3 Å². The minimum absolute atomic E-state index is 0.276. The average Bonchev–Trinajstić information content (AvgIpc) is 3.20. The zero-order valence-electron chi connectivity index (χ0n) is 17.8. The number of aryl methyl sites for hydroxylation is 1. The van der Waals surface area contributed by atoms with Crippen molar-refractivity contribution >= 4 is 32.7 Å². The van der Waals surface area contributed by atoms with Crippen molar-refractivity contribution in [2.45, 2.75) is 24.7 Å². The number of aliphatic imine (C=N–C) groups is 1. The molecule has 1 aliphatic heterocycles. The molecule has 0 amide bonds. The molecule has 0 saturated heterocycles. The third kappa shape index (κ3) is 3.67. The molecular weight excluding hydrogens is 418 g/mol. The van der Waals surface area contributed by atoms with E-state index in [0.717, 1.165) is 52.7 Å². The number of benzene rings is 2. The molecule has 0 atom stereocenters. The van der Waals surface area contributed by atoms with Crippen LogP contribution in [0.25, 0.3) is 17.0 Å². The van der Waals surface area contributed by atoms with Gasteiger partial charge in [-0.2, -0.15) is 0 Å². The molecule has 4 aromatic rings. The van der Waals surface area contributed by atoms with E-state index in [9.17, 15) is 8.42 Å². The highest BCUT2D eigenvalue weighted by molar-refractivity contribution is 7.90. The van der Waals surface area contributed by atoms with Crippen LogP contribution < -0.4 is 0 Å². The summed E-state index contributed by atoms with van der Waals surface area (Å²) in [6, 6.07) is 18.5. The van der Waals surface area contributed by atoms with Crippen LogP contribution in [0.5, 0.6) is 0 Å². The summed E-state index contributed by atoms with van der Waals surface area (Å²) < 4.78 is 28.3. The van der Waals surface area contributed by atoms with Gasteiger partial charge >= 0.3 is 0 Å². The van der Waals surface area contributed by atoms with Crippen LogP contribution in [0.1, 0.15) is 29.5 Å². The van der Waals surface area contributed by atoms with Gasteiger partial charge in [-0.1, -0.05) is 35.9 Å². The molecule has 2 aromatic heterocycles. The first-order valence-electron chi connectivity index (χ1n) is 10.6. The van der Waals surface area contributed by atoms with E-state index in [1.807, 2.05) is 61.7 Å². The molecule has 6 heteroatoms. The lowest BCUT2D eigenvalue weighted by Crippen LogP contribution is -2.12. The standard InChI is InChI=1S/C26H23N3O2S/c1-19-10-12-23(13-11-19)32(30,31)29-18-22(24-8-2-3-9-25(24)29)16-20-6-5-15-28-26(20)21-7-4-14-27-17-21/h2-4,7-14,16-18H,5-6,15H2,1H3/b20-16+. The zero-order chi connectivity index (χ0) is 22.1. The van der Waals surface area contributed by atoms with Gasteiger partial charge in [0, 0.05) is 41.6 Å². The summed E-state index contributed by atoms with van der Waals surface area (Å²) in [6.07, 6.45) is 9.23. The summed E-state index contributed by atoms with van der Waals surface area (Å²) >= 11 is 0. The molecule has 0 aliphatic carbocycles. The Bertz CT molecular complexity index is 1450. The SMILES string of the molecule is Cc1ccc(S(=O)(=O)n2cc(/C=C3\CCCN=C3c3cccnc3)c3ccccc32)cc1. The number of nitrogens with zero attached hydrogens (tertiary/aromatic N) is 3. The molecule has 5 rings (SSSR count). The Balaban J connectivity index is 1.66. The van der Waals surface area contributed by atoms with E-state index >= 15 is 0 Å². The van der Waals surface area contributed by atoms with Gasteiger partial charge in [-0.05, 0) is 61.7 Å². The second-order valence-electron chi connectivity index (χ2n) is 7.96.